The van der Waals surface area contributed by atoms with Crippen LogP contribution in [0, 0.1) is 5.41 Å². The molecule has 1 unspecified atom stereocenters. The number of hydrogen-bond acceptors (Lipinski definition) is 3. The molecule has 0 fully saturated rings. The average Bonchev–Trinajstić information content (AvgIpc) is 2.05. The van der Waals surface area contributed by atoms with Gasteiger partial charge in [0.15, 0.2) is 0 Å². The molecule has 1 rings (SSSR count). The normalized spacial score (nSPS) is 12.5. The molecule has 1 aromatic heterocycles. The predicted molar refractivity (Wildman–Crippen MR) is 47.1 cm³/mol. The summed E-state index contributed by atoms with van der Waals surface area (Å²) < 4.78 is 11.8. The predicted octanol–water partition coefficient (Wildman–Crippen LogP) is 1.56. The highest BCUT2D eigenvalue weighted by atomic mass is 79.9. The number of nitrogens with zero attached hydrogens (tertiary/aromatic N) is 1. The van der Waals surface area contributed by atoms with E-state index in [1.165, 1.54) is 0 Å². The summed E-state index contributed by atoms with van der Waals surface area (Å²) in [6.07, 6.45) is 1.55. The van der Waals surface area contributed by atoms with Gasteiger partial charge in [-0.3, -0.25) is 5.41 Å². The van der Waals surface area contributed by atoms with Crippen molar-refractivity contribution in [3.63, 3.8) is 0 Å². The fraction of sp³-hybridized carbons (Fsp3) is 0. The maximum atomic E-state index is 10.9. The largest absolute Gasteiger partial charge is 0.299 e. The molecule has 0 aliphatic heterocycles. The number of rotatable bonds is 2. The van der Waals surface area contributed by atoms with E-state index in [1.54, 1.807) is 18.3 Å². The van der Waals surface area contributed by atoms with Crippen molar-refractivity contribution >= 4 is 32.3 Å². The second kappa shape index (κ2) is 3.73. The summed E-state index contributed by atoms with van der Waals surface area (Å²) in [5.74, 6) is 0. The molecule has 0 saturated carbocycles. The van der Waals surface area contributed by atoms with Gasteiger partial charge in [0.05, 0.1) is 5.55 Å². The molecule has 0 bridgehead atoms. The summed E-state index contributed by atoms with van der Waals surface area (Å²) in [5.41, 5.74) is 0.857. The Balaban J connectivity index is 2.98. The van der Waals surface area contributed by atoms with Crippen molar-refractivity contribution in [2.45, 2.75) is 5.03 Å². The van der Waals surface area contributed by atoms with Gasteiger partial charge in [0.1, 0.15) is 15.8 Å². The zero-order chi connectivity index (χ0) is 8.27. The molecule has 0 aliphatic rings. The Hall–Kier alpha value is -0.550. The summed E-state index contributed by atoms with van der Waals surface area (Å²) in [5, 5.41) is 7.13. The molecule has 1 atom stereocenters. The van der Waals surface area contributed by atoms with Crippen molar-refractivity contribution in [3.05, 3.63) is 22.8 Å². The Kier molecular flexibility index (Phi) is 2.90. The van der Waals surface area contributed by atoms with E-state index < -0.39 is 10.8 Å². The highest BCUT2D eigenvalue weighted by Crippen LogP contribution is 2.08. The first-order valence-electron chi connectivity index (χ1n) is 2.77. The maximum Gasteiger partial charge on any atom is 0.133 e. The van der Waals surface area contributed by atoms with Gasteiger partial charge in [-0.25, -0.2) is 9.19 Å². The molecule has 0 saturated heterocycles. The molecule has 11 heavy (non-hydrogen) atoms. The first kappa shape index (κ1) is 8.55. The molecule has 0 aliphatic carbocycles. The lowest BCUT2D eigenvalue weighted by molar-refractivity contribution is 0.687. The van der Waals surface area contributed by atoms with Crippen LogP contribution in [0.2, 0.25) is 0 Å². The van der Waals surface area contributed by atoms with Crippen molar-refractivity contribution in [1.82, 2.24) is 4.98 Å². The van der Waals surface area contributed by atoms with Gasteiger partial charge in [0.25, 0.3) is 0 Å². The van der Waals surface area contributed by atoms with Crippen LogP contribution < -0.4 is 0 Å². The lowest BCUT2D eigenvalue weighted by atomic mass is 10.5. The summed E-state index contributed by atoms with van der Waals surface area (Å²) in [7, 11) is -1.39. The highest BCUT2D eigenvalue weighted by molar-refractivity contribution is 9.10. The second-order valence-corrected chi connectivity index (χ2v) is 3.89. The SMILES string of the molecule is N=CS(=O)c1ccc(Br)cn1. The molecule has 0 aromatic carbocycles. The third-order valence-corrected chi connectivity index (χ3v) is 2.35. The minimum Gasteiger partial charge on any atom is -0.299 e. The first-order chi connectivity index (χ1) is 5.24. The topological polar surface area (TPSA) is 53.8 Å². The smallest absolute Gasteiger partial charge is 0.133 e. The van der Waals surface area contributed by atoms with Crippen LogP contribution >= 0.6 is 15.9 Å². The summed E-state index contributed by atoms with van der Waals surface area (Å²) in [6.45, 7) is 0. The van der Waals surface area contributed by atoms with Crippen LogP contribution in [-0.2, 0) is 10.8 Å². The first-order valence-corrected chi connectivity index (χ1v) is 4.77. The van der Waals surface area contributed by atoms with E-state index in [9.17, 15) is 4.21 Å². The van der Waals surface area contributed by atoms with Crippen molar-refractivity contribution in [1.29, 1.82) is 5.41 Å². The van der Waals surface area contributed by atoms with Gasteiger partial charge >= 0.3 is 0 Å². The van der Waals surface area contributed by atoms with Crippen molar-refractivity contribution in [2.24, 2.45) is 0 Å². The van der Waals surface area contributed by atoms with Crippen molar-refractivity contribution < 1.29 is 4.21 Å². The standard InChI is InChI=1S/C6H5BrN2OS/c7-5-1-2-6(9-3-5)11(10)4-8/h1-4,8H. The molecular weight excluding hydrogens is 228 g/mol. The Bertz CT molecular complexity index is 285. The lowest BCUT2D eigenvalue weighted by Crippen LogP contribution is -1.93. The van der Waals surface area contributed by atoms with E-state index in [0.29, 0.717) is 5.03 Å². The van der Waals surface area contributed by atoms with E-state index in [-0.39, 0.29) is 0 Å². The Labute approximate surface area is 74.9 Å². The van der Waals surface area contributed by atoms with E-state index in [0.717, 1.165) is 10.0 Å². The van der Waals surface area contributed by atoms with Crippen molar-refractivity contribution in [3.8, 4) is 0 Å². The zero-order valence-corrected chi connectivity index (χ0v) is 7.85. The van der Waals surface area contributed by atoms with Crippen molar-refractivity contribution in [2.75, 3.05) is 0 Å². The van der Waals surface area contributed by atoms with Crippen LogP contribution in [0.15, 0.2) is 27.8 Å². The second-order valence-electron chi connectivity index (χ2n) is 1.73. The van der Waals surface area contributed by atoms with Gasteiger partial charge in [0, 0.05) is 10.7 Å². The number of aromatic nitrogens is 1. The lowest BCUT2D eigenvalue weighted by Gasteiger charge is -1.93. The zero-order valence-electron chi connectivity index (χ0n) is 5.45. The molecule has 1 heterocycles. The Morgan fingerprint density at radius 3 is 2.82 bits per heavy atom. The van der Waals surface area contributed by atoms with Gasteiger partial charge in [0.2, 0.25) is 0 Å². The van der Waals surface area contributed by atoms with Crippen LogP contribution in [0.1, 0.15) is 0 Å². The third-order valence-electron chi connectivity index (χ3n) is 1.01. The molecule has 58 valence electrons. The van der Waals surface area contributed by atoms with Gasteiger partial charge in [-0.1, -0.05) is 0 Å². The molecule has 0 spiro atoms. The number of hydrogen-bond donors (Lipinski definition) is 1. The van der Waals surface area contributed by atoms with Gasteiger partial charge in [-0.2, -0.15) is 0 Å². The molecule has 3 nitrogen and oxygen atoms in total. The number of halogens is 1. The third kappa shape index (κ3) is 2.20. The van der Waals surface area contributed by atoms with Gasteiger partial charge in [-0.15, -0.1) is 0 Å². The molecule has 1 N–H and O–H groups in total. The Morgan fingerprint density at radius 2 is 2.36 bits per heavy atom. The molecule has 0 amide bonds. The van der Waals surface area contributed by atoms with E-state index in [1.807, 2.05) is 0 Å². The minimum absolute atomic E-state index is 0.406. The summed E-state index contributed by atoms with van der Waals surface area (Å²) in [6, 6.07) is 3.36. The molecule has 5 heteroatoms. The van der Waals surface area contributed by atoms with Crippen LogP contribution in [-0.4, -0.2) is 14.7 Å². The minimum atomic E-state index is -1.39. The van der Waals surface area contributed by atoms with Gasteiger partial charge < -0.3 is 0 Å². The number of pyridine rings is 1. The molecule has 1 aromatic rings. The van der Waals surface area contributed by atoms with Gasteiger partial charge in [-0.05, 0) is 28.1 Å². The van der Waals surface area contributed by atoms with E-state index >= 15 is 0 Å². The van der Waals surface area contributed by atoms with Crippen LogP contribution in [0.25, 0.3) is 0 Å². The Morgan fingerprint density at radius 1 is 1.64 bits per heavy atom. The summed E-state index contributed by atoms with van der Waals surface area (Å²) >= 11 is 3.20. The van der Waals surface area contributed by atoms with E-state index in [4.69, 9.17) is 5.41 Å². The highest BCUT2D eigenvalue weighted by Gasteiger charge is 1.99. The van der Waals surface area contributed by atoms with Crippen LogP contribution in [0.5, 0.6) is 0 Å². The molecular formula is C6H5BrN2OS. The fourth-order valence-corrected chi connectivity index (χ4v) is 1.26. The summed E-state index contributed by atoms with van der Waals surface area (Å²) in [4.78, 5) is 3.85. The average molecular weight is 233 g/mol. The fourth-order valence-electron chi connectivity index (χ4n) is 0.542. The maximum absolute atomic E-state index is 10.9. The number of nitrogens with one attached hydrogen (secondary N) is 1. The molecule has 0 radical (unpaired) electrons. The monoisotopic (exact) mass is 232 g/mol. The van der Waals surface area contributed by atoms with E-state index in [2.05, 4.69) is 20.9 Å². The quantitative estimate of drug-likeness (QED) is 0.622. The van der Waals surface area contributed by atoms with Crippen LogP contribution in [0.4, 0.5) is 0 Å². The van der Waals surface area contributed by atoms with Crippen LogP contribution in [0.3, 0.4) is 0 Å².